The number of carbonyl (C=O) groups is 1. The summed E-state index contributed by atoms with van der Waals surface area (Å²) in [4.78, 5) is 17.3. The number of nitrogens with zero attached hydrogens (tertiary/aromatic N) is 2. The first kappa shape index (κ1) is 30.2. The average molecular weight is 558 g/mol. The zero-order valence-corrected chi connectivity index (χ0v) is 21.0. The van der Waals surface area contributed by atoms with Crippen LogP contribution < -0.4 is 5.32 Å². The highest BCUT2D eigenvalue weighted by atomic mass is 35.5. The van der Waals surface area contributed by atoms with Crippen molar-refractivity contribution in [3.63, 3.8) is 0 Å². The summed E-state index contributed by atoms with van der Waals surface area (Å²) >= 11 is 0. The Balaban J connectivity index is 0.00000228. The van der Waals surface area contributed by atoms with Gasteiger partial charge in [-0.1, -0.05) is 24.3 Å². The van der Waals surface area contributed by atoms with Crippen LogP contribution in [0.3, 0.4) is 0 Å². The molecule has 1 atom stereocenters. The van der Waals surface area contributed by atoms with Crippen LogP contribution in [0.1, 0.15) is 34.2 Å². The lowest BCUT2D eigenvalue weighted by molar-refractivity contribution is -0.145. The second kappa shape index (κ2) is 11.2. The van der Waals surface area contributed by atoms with Gasteiger partial charge >= 0.3 is 12.4 Å². The molecule has 4 rings (SSSR count). The van der Waals surface area contributed by atoms with Crippen molar-refractivity contribution in [2.24, 2.45) is 0 Å². The molecule has 0 spiro atoms. The van der Waals surface area contributed by atoms with Gasteiger partial charge < -0.3 is 10.2 Å². The minimum atomic E-state index is -4.94. The Morgan fingerprint density at radius 1 is 0.972 bits per heavy atom. The molecule has 1 amide bonds. The second-order valence-corrected chi connectivity index (χ2v) is 8.83. The number of alkyl halides is 6. The lowest BCUT2D eigenvalue weighted by atomic mass is 9.87. The number of carbonyl (C=O) groups excluding carboxylic acids is 1. The van der Waals surface area contributed by atoms with Crippen molar-refractivity contribution >= 4 is 30.7 Å². The maximum absolute atomic E-state index is 13.9. The predicted molar refractivity (Wildman–Crippen MR) is 128 cm³/mol. The van der Waals surface area contributed by atoms with Gasteiger partial charge in [0.15, 0.2) is 0 Å². The van der Waals surface area contributed by atoms with Crippen molar-refractivity contribution in [3.05, 3.63) is 70.3 Å². The van der Waals surface area contributed by atoms with Crippen molar-refractivity contribution in [1.29, 1.82) is 0 Å². The van der Waals surface area contributed by atoms with E-state index in [1.165, 1.54) is 11.9 Å². The Bertz CT molecular complexity index is 1040. The molecule has 0 aromatic heterocycles. The Kier molecular flexibility index (Phi) is 9.37. The number of nitrogens with one attached hydrogen (secondary N) is 1. The van der Waals surface area contributed by atoms with Gasteiger partial charge in [-0.05, 0) is 47.7 Å². The molecular formula is C24H27Cl2F6N3O. The Morgan fingerprint density at radius 3 is 2.08 bits per heavy atom. The van der Waals surface area contributed by atoms with Crippen LogP contribution in [0, 0.1) is 0 Å². The van der Waals surface area contributed by atoms with Crippen LogP contribution >= 0.6 is 24.8 Å². The highest BCUT2D eigenvalue weighted by Gasteiger charge is 2.51. The molecule has 1 heterocycles. The molecule has 36 heavy (non-hydrogen) atoms. The number of fused-ring (bicyclic) bond motifs is 1. The average Bonchev–Trinajstić information content (AvgIpc) is 3.18. The lowest BCUT2D eigenvalue weighted by Crippen LogP contribution is -2.60. The van der Waals surface area contributed by atoms with Gasteiger partial charge in [0, 0.05) is 39.8 Å². The molecule has 2 aromatic rings. The fourth-order valence-electron chi connectivity index (χ4n) is 5.10. The van der Waals surface area contributed by atoms with Crippen LogP contribution in [-0.4, -0.2) is 48.9 Å². The van der Waals surface area contributed by atoms with E-state index >= 15 is 0 Å². The SMILES string of the molecule is CN(Cc1cc(C(F)(F)F)cc(C(F)(F)F)c1)C(=O)[C@]1(N2CCNCC2)CCc2ccccc21.Cl.Cl. The van der Waals surface area contributed by atoms with Gasteiger partial charge in [-0.3, -0.25) is 9.69 Å². The normalized spacial score (nSPS) is 20.2. The molecule has 1 aliphatic heterocycles. The molecule has 12 heteroatoms. The molecule has 4 nitrogen and oxygen atoms in total. The molecule has 2 aromatic carbocycles. The summed E-state index contributed by atoms with van der Waals surface area (Å²) in [5.41, 5.74) is -2.11. The van der Waals surface area contributed by atoms with E-state index in [4.69, 9.17) is 0 Å². The van der Waals surface area contributed by atoms with Gasteiger partial charge in [0.05, 0.1) is 11.1 Å². The molecule has 0 saturated carbocycles. The molecule has 1 aliphatic carbocycles. The third kappa shape index (κ3) is 5.77. The number of halogens is 8. The van der Waals surface area contributed by atoms with Crippen LogP contribution in [0.5, 0.6) is 0 Å². The standard InChI is InChI=1S/C24H25F6N3O.2ClH/c1-32(15-16-12-18(23(25,26)27)14-19(13-16)24(28,29)30)21(34)22(33-10-8-31-9-11-33)7-6-17-4-2-3-5-20(17)22;;/h2-5,12-14,31H,6-11,15H2,1H3;2*1H/t22-;;/m0../s1. The maximum atomic E-state index is 13.9. The summed E-state index contributed by atoms with van der Waals surface area (Å²) in [5.74, 6) is -0.328. The number of benzene rings is 2. The van der Waals surface area contributed by atoms with Gasteiger partial charge in [0.25, 0.3) is 0 Å². The number of rotatable bonds is 4. The van der Waals surface area contributed by atoms with Crippen LogP contribution in [-0.2, 0) is 35.7 Å². The Morgan fingerprint density at radius 2 is 1.53 bits per heavy atom. The van der Waals surface area contributed by atoms with E-state index in [0.29, 0.717) is 51.2 Å². The van der Waals surface area contributed by atoms with E-state index in [1.807, 2.05) is 24.3 Å². The van der Waals surface area contributed by atoms with Crippen molar-refractivity contribution < 1.29 is 31.1 Å². The molecule has 1 N–H and O–H groups in total. The number of aryl methyl sites for hydroxylation is 1. The molecule has 200 valence electrons. The van der Waals surface area contributed by atoms with E-state index in [-0.39, 0.29) is 48.9 Å². The summed E-state index contributed by atoms with van der Waals surface area (Å²) in [6.07, 6.45) is -8.70. The first-order valence-electron chi connectivity index (χ1n) is 11.0. The smallest absolute Gasteiger partial charge is 0.340 e. The van der Waals surface area contributed by atoms with E-state index in [1.54, 1.807) is 0 Å². The third-order valence-electron chi connectivity index (χ3n) is 6.64. The largest absolute Gasteiger partial charge is 0.416 e. The fourth-order valence-corrected chi connectivity index (χ4v) is 5.10. The van der Waals surface area contributed by atoms with Gasteiger partial charge in [-0.25, -0.2) is 0 Å². The molecule has 2 aliphatic rings. The minimum absolute atomic E-state index is 0. The molecule has 0 unspecified atom stereocenters. The molecule has 0 radical (unpaired) electrons. The maximum Gasteiger partial charge on any atom is 0.416 e. The monoisotopic (exact) mass is 557 g/mol. The zero-order chi connectivity index (χ0) is 24.7. The summed E-state index contributed by atoms with van der Waals surface area (Å²) in [6.45, 7) is 2.21. The van der Waals surface area contributed by atoms with Gasteiger partial charge in [0.1, 0.15) is 5.54 Å². The van der Waals surface area contributed by atoms with Crippen molar-refractivity contribution in [2.75, 3.05) is 33.2 Å². The molecule has 1 fully saturated rings. The van der Waals surface area contributed by atoms with Crippen molar-refractivity contribution in [2.45, 2.75) is 37.3 Å². The van der Waals surface area contributed by atoms with Crippen LogP contribution in [0.15, 0.2) is 42.5 Å². The fraction of sp³-hybridized carbons (Fsp3) is 0.458. The quantitative estimate of drug-likeness (QED) is 0.520. The summed E-state index contributed by atoms with van der Waals surface area (Å²) in [7, 11) is 1.43. The van der Waals surface area contributed by atoms with Crippen molar-refractivity contribution in [3.8, 4) is 0 Å². The summed E-state index contributed by atoms with van der Waals surface area (Å²) < 4.78 is 79.7. The first-order chi connectivity index (χ1) is 15.9. The second-order valence-electron chi connectivity index (χ2n) is 8.83. The number of hydrogen-bond donors (Lipinski definition) is 1. The van der Waals surface area contributed by atoms with Gasteiger partial charge in [0.2, 0.25) is 5.91 Å². The van der Waals surface area contributed by atoms with E-state index in [0.717, 1.165) is 11.1 Å². The van der Waals surface area contributed by atoms with Gasteiger partial charge in [-0.15, -0.1) is 24.8 Å². The van der Waals surface area contributed by atoms with Crippen LogP contribution in [0.4, 0.5) is 26.3 Å². The lowest BCUT2D eigenvalue weighted by Gasteiger charge is -2.44. The van der Waals surface area contributed by atoms with Crippen molar-refractivity contribution in [1.82, 2.24) is 15.1 Å². The Labute approximate surface area is 217 Å². The highest BCUT2D eigenvalue weighted by molar-refractivity contribution is 5.89. The predicted octanol–water partition coefficient (Wildman–Crippen LogP) is 5.27. The van der Waals surface area contributed by atoms with Crippen LogP contribution in [0.2, 0.25) is 0 Å². The zero-order valence-electron chi connectivity index (χ0n) is 19.4. The number of amides is 1. The van der Waals surface area contributed by atoms with E-state index in [2.05, 4.69) is 10.2 Å². The highest BCUT2D eigenvalue weighted by Crippen LogP contribution is 2.44. The third-order valence-corrected chi connectivity index (χ3v) is 6.64. The summed E-state index contributed by atoms with van der Waals surface area (Å²) in [5, 5.41) is 3.25. The molecular weight excluding hydrogens is 531 g/mol. The number of piperazine rings is 1. The first-order valence-corrected chi connectivity index (χ1v) is 11.0. The van der Waals surface area contributed by atoms with Crippen LogP contribution in [0.25, 0.3) is 0 Å². The number of hydrogen-bond acceptors (Lipinski definition) is 3. The summed E-state index contributed by atoms with van der Waals surface area (Å²) in [6, 6.07) is 9.04. The van der Waals surface area contributed by atoms with E-state index in [9.17, 15) is 31.1 Å². The van der Waals surface area contributed by atoms with E-state index < -0.39 is 29.0 Å². The Hall–Kier alpha value is -2.01. The minimum Gasteiger partial charge on any atom is -0.340 e. The number of likely N-dealkylation sites (N-methyl/N-ethyl adjacent to an activating group) is 1. The molecule has 1 saturated heterocycles. The topological polar surface area (TPSA) is 35.6 Å². The molecule has 0 bridgehead atoms. The van der Waals surface area contributed by atoms with Gasteiger partial charge in [-0.2, -0.15) is 26.3 Å².